The van der Waals surface area contributed by atoms with Crippen molar-refractivity contribution in [1.82, 2.24) is 25.6 Å². The van der Waals surface area contributed by atoms with E-state index in [9.17, 15) is 9.59 Å². The molecule has 3 rings (SSSR count). The number of rotatable bonds is 6. The molecular weight excluding hydrogens is 350 g/mol. The highest BCUT2D eigenvalue weighted by Gasteiger charge is 2.33. The number of hydrogen-bond donors (Lipinski definition) is 2. The third-order valence-corrected chi connectivity index (χ3v) is 4.53. The molecule has 1 unspecified atom stereocenters. The second-order valence-corrected chi connectivity index (χ2v) is 6.58. The molecule has 0 saturated carbocycles. The zero-order chi connectivity index (χ0) is 19.6. The number of ether oxygens (including phenoxy) is 2. The van der Waals surface area contributed by atoms with Crippen LogP contribution in [0.15, 0.2) is 18.2 Å². The minimum Gasteiger partial charge on any atom is -0.497 e. The van der Waals surface area contributed by atoms with Gasteiger partial charge in [0.25, 0.3) is 5.91 Å². The summed E-state index contributed by atoms with van der Waals surface area (Å²) in [6.45, 7) is 4.45. The zero-order valence-corrected chi connectivity index (χ0v) is 15.8. The van der Waals surface area contributed by atoms with Crippen LogP contribution in [0.5, 0.6) is 11.5 Å². The molecule has 0 bridgehead atoms. The maximum absolute atomic E-state index is 12.6. The molecule has 0 saturated heterocycles. The Morgan fingerprint density at radius 3 is 2.81 bits per heavy atom. The molecule has 1 atom stereocenters. The molecule has 0 spiro atoms. The van der Waals surface area contributed by atoms with Crippen molar-refractivity contribution in [2.45, 2.75) is 33.0 Å². The first kappa shape index (κ1) is 18.7. The van der Waals surface area contributed by atoms with Gasteiger partial charge in [0.15, 0.2) is 0 Å². The number of hydrogen-bond acceptors (Lipinski definition) is 6. The van der Waals surface area contributed by atoms with Gasteiger partial charge in [0.05, 0.1) is 38.6 Å². The van der Waals surface area contributed by atoms with Gasteiger partial charge >= 0.3 is 0 Å². The van der Waals surface area contributed by atoms with Crippen LogP contribution in [-0.2, 0) is 17.9 Å². The van der Waals surface area contributed by atoms with Crippen LogP contribution in [0.25, 0.3) is 0 Å². The van der Waals surface area contributed by atoms with Crippen molar-refractivity contribution in [3.63, 3.8) is 0 Å². The predicted octanol–water partition coefficient (Wildman–Crippen LogP) is 1.05. The van der Waals surface area contributed by atoms with E-state index in [1.165, 1.54) is 7.11 Å². The number of methoxy groups -OCH3 is 2. The van der Waals surface area contributed by atoms with Gasteiger partial charge in [-0.2, -0.15) is 0 Å². The second-order valence-electron chi connectivity index (χ2n) is 6.58. The van der Waals surface area contributed by atoms with E-state index in [1.54, 1.807) is 30.0 Å². The van der Waals surface area contributed by atoms with E-state index in [4.69, 9.17) is 9.47 Å². The van der Waals surface area contributed by atoms with Crippen LogP contribution in [0.4, 0.5) is 0 Å². The van der Waals surface area contributed by atoms with Gasteiger partial charge in [0.1, 0.15) is 23.2 Å². The first-order valence-electron chi connectivity index (χ1n) is 8.67. The topological polar surface area (TPSA) is 107 Å². The van der Waals surface area contributed by atoms with Crippen molar-refractivity contribution in [2.75, 3.05) is 14.2 Å². The number of aromatic nitrogens is 3. The Morgan fingerprint density at radius 1 is 1.37 bits per heavy atom. The minimum absolute atomic E-state index is 0.0686. The van der Waals surface area contributed by atoms with Gasteiger partial charge in [-0.3, -0.25) is 9.59 Å². The highest BCUT2D eigenvalue weighted by atomic mass is 16.5. The molecule has 27 heavy (non-hydrogen) atoms. The molecule has 1 aliphatic heterocycles. The fourth-order valence-corrected chi connectivity index (χ4v) is 3.11. The number of carbonyl (C=O) groups is 2. The van der Waals surface area contributed by atoms with Gasteiger partial charge < -0.3 is 20.1 Å². The van der Waals surface area contributed by atoms with Gasteiger partial charge in [-0.05, 0) is 18.1 Å². The Kier molecular flexibility index (Phi) is 5.29. The van der Waals surface area contributed by atoms with Crippen LogP contribution in [0.3, 0.4) is 0 Å². The van der Waals surface area contributed by atoms with Crippen LogP contribution < -0.4 is 20.1 Å². The minimum atomic E-state index is -0.396. The van der Waals surface area contributed by atoms with Crippen molar-refractivity contribution >= 4 is 11.8 Å². The molecule has 2 heterocycles. The lowest BCUT2D eigenvalue weighted by atomic mass is 10.0. The summed E-state index contributed by atoms with van der Waals surface area (Å²) in [5.41, 5.74) is 1.82. The van der Waals surface area contributed by atoms with E-state index in [0.717, 1.165) is 5.69 Å². The molecule has 9 heteroatoms. The smallest absolute Gasteiger partial charge is 0.255 e. The van der Waals surface area contributed by atoms with Crippen molar-refractivity contribution in [3.05, 3.63) is 35.2 Å². The lowest BCUT2D eigenvalue weighted by Gasteiger charge is -2.26. The van der Waals surface area contributed by atoms with Gasteiger partial charge in [-0.1, -0.05) is 19.1 Å². The number of fused-ring (bicyclic) bond motifs is 1. The highest BCUT2D eigenvalue weighted by Crippen LogP contribution is 2.26. The molecule has 0 radical (unpaired) electrons. The summed E-state index contributed by atoms with van der Waals surface area (Å²) in [5, 5.41) is 14.0. The predicted molar refractivity (Wildman–Crippen MR) is 96.5 cm³/mol. The Hall–Kier alpha value is -3.10. The average molecular weight is 373 g/mol. The maximum Gasteiger partial charge on any atom is 0.255 e. The van der Waals surface area contributed by atoms with E-state index in [2.05, 4.69) is 20.9 Å². The standard InChI is InChI=1S/C18H23N5O4/c1-10(2)16-18(25)20-9-14-13(21-22-23(14)16)8-19-17(24)12-6-5-11(26-3)7-15(12)27-4/h5-7,10,16H,8-9H2,1-4H3,(H,19,24)(H,20,25). The number of nitrogens with one attached hydrogen (secondary N) is 2. The highest BCUT2D eigenvalue weighted by molar-refractivity contribution is 5.97. The van der Waals surface area contributed by atoms with E-state index in [0.29, 0.717) is 29.3 Å². The molecule has 2 amide bonds. The number of nitrogens with zero attached hydrogens (tertiary/aromatic N) is 3. The van der Waals surface area contributed by atoms with E-state index < -0.39 is 6.04 Å². The summed E-state index contributed by atoms with van der Waals surface area (Å²) in [6.07, 6.45) is 0. The van der Waals surface area contributed by atoms with Crippen LogP contribution >= 0.6 is 0 Å². The van der Waals surface area contributed by atoms with E-state index >= 15 is 0 Å². The molecule has 1 aromatic heterocycles. The fourth-order valence-electron chi connectivity index (χ4n) is 3.11. The number of carbonyl (C=O) groups excluding carboxylic acids is 2. The third kappa shape index (κ3) is 3.57. The average Bonchev–Trinajstić information content (AvgIpc) is 3.07. The van der Waals surface area contributed by atoms with E-state index in [-0.39, 0.29) is 24.3 Å². The fraction of sp³-hybridized carbons (Fsp3) is 0.444. The summed E-state index contributed by atoms with van der Waals surface area (Å²) in [6, 6.07) is 4.59. The van der Waals surface area contributed by atoms with Gasteiger partial charge in [-0.15, -0.1) is 5.10 Å². The van der Waals surface area contributed by atoms with Crippen molar-refractivity contribution in [1.29, 1.82) is 0 Å². The van der Waals surface area contributed by atoms with Gasteiger partial charge in [0, 0.05) is 6.07 Å². The molecular formula is C18H23N5O4. The Labute approximate surface area is 157 Å². The van der Waals surface area contributed by atoms with Crippen molar-refractivity contribution in [2.24, 2.45) is 5.92 Å². The summed E-state index contributed by atoms with van der Waals surface area (Å²) < 4.78 is 12.1. The monoisotopic (exact) mass is 373 g/mol. The lowest BCUT2D eigenvalue weighted by Crippen LogP contribution is -2.42. The summed E-state index contributed by atoms with van der Waals surface area (Å²) in [5.74, 6) is 0.740. The molecule has 1 aliphatic rings. The quantitative estimate of drug-likeness (QED) is 0.784. The maximum atomic E-state index is 12.6. The summed E-state index contributed by atoms with van der Waals surface area (Å²) >= 11 is 0. The van der Waals surface area contributed by atoms with E-state index in [1.807, 2.05) is 13.8 Å². The second kappa shape index (κ2) is 7.65. The zero-order valence-electron chi connectivity index (χ0n) is 15.8. The molecule has 144 valence electrons. The van der Waals surface area contributed by atoms with Gasteiger partial charge in [-0.25, -0.2) is 4.68 Å². The van der Waals surface area contributed by atoms with Crippen LogP contribution in [-0.4, -0.2) is 41.0 Å². The summed E-state index contributed by atoms with van der Waals surface area (Å²) in [7, 11) is 3.04. The Morgan fingerprint density at radius 2 is 2.15 bits per heavy atom. The number of amides is 2. The first-order valence-corrected chi connectivity index (χ1v) is 8.67. The third-order valence-electron chi connectivity index (χ3n) is 4.53. The van der Waals surface area contributed by atoms with Gasteiger partial charge in [0.2, 0.25) is 5.91 Å². The molecule has 0 fully saturated rings. The number of benzene rings is 1. The first-order chi connectivity index (χ1) is 13.0. The summed E-state index contributed by atoms with van der Waals surface area (Å²) in [4.78, 5) is 24.6. The molecule has 0 aliphatic carbocycles. The Balaban J connectivity index is 1.76. The largest absolute Gasteiger partial charge is 0.497 e. The van der Waals surface area contributed by atoms with Crippen LogP contribution in [0.2, 0.25) is 0 Å². The molecule has 9 nitrogen and oxygen atoms in total. The van der Waals surface area contributed by atoms with Crippen LogP contribution in [0.1, 0.15) is 41.6 Å². The molecule has 2 N–H and O–H groups in total. The van der Waals surface area contributed by atoms with Crippen LogP contribution in [0, 0.1) is 5.92 Å². The normalized spacial score (nSPS) is 15.9. The Bertz CT molecular complexity index is 861. The molecule has 1 aromatic carbocycles. The molecule has 2 aromatic rings. The lowest BCUT2D eigenvalue weighted by molar-refractivity contribution is -0.127. The SMILES string of the molecule is COc1ccc(C(=O)NCc2nnn3c2CNC(=O)C3C(C)C)c(OC)c1. The van der Waals surface area contributed by atoms with Crippen molar-refractivity contribution in [3.8, 4) is 11.5 Å². The van der Waals surface area contributed by atoms with Crippen molar-refractivity contribution < 1.29 is 19.1 Å².